The monoisotopic (exact) mass is 1900 g/mol. The molecule has 0 spiro atoms. The van der Waals surface area contributed by atoms with Crippen molar-refractivity contribution in [3.63, 3.8) is 0 Å². The number of rotatable bonds is 18. The van der Waals surface area contributed by atoms with E-state index in [4.69, 9.17) is 15.9 Å². The van der Waals surface area contributed by atoms with Crippen molar-refractivity contribution in [2.75, 3.05) is 87.1 Å². The fourth-order valence-corrected chi connectivity index (χ4v) is 23.3. The summed E-state index contributed by atoms with van der Waals surface area (Å²) in [4.78, 5) is 14.3. The number of carbonyl (C=O) groups is 1. The number of hydrogen-bond donors (Lipinski definition) is 13. The first-order chi connectivity index (χ1) is 65.6. The van der Waals surface area contributed by atoms with E-state index >= 15 is 0 Å². The number of halogens is 15. The van der Waals surface area contributed by atoms with Crippen molar-refractivity contribution in [3.8, 4) is 0 Å². The summed E-state index contributed by atoms with van der Waals surface area (Å²) in [6.07, 6.45) is -12.2. The van der Waals surface area contributed by atoms with Crippen molar-refractivity contribution in [2.24, 2.45) is 35.3 Å². The topological polar surface area (TPSA) is 207 Å². The van der Waals surface area contributed by atoms with Crippen molar-refractivity contribution >= 4 is 34.5 Å². The summed E-state index contributed by atoms with van der Waals surface area (Å²) < 4.78 is 198. The van der Waals surface area contributed by atoms with Gasteiger partial charge in [0.05, 0.1) is 58.0 Å². The van der Waals surface area contributed by atoms with Crippen molar-refractivity contribution in [1.29, 1.82) is 0 Å². The summed E-state index contributed by atoms with van der Waals surface area (Å²) in [6.45, 7) is 2.98. The van der Waals surface area contributed by atoms with E-state index in [1.807, 2.05) is 129 Å². The number of anilines is 5. The van der Waals surface area contributed by atoms with Crippen LogP contribution >= 0.6 is 0 Å². The molecule has 10 aromatic carbocycles. The Morgan fingerprint density at radius 3 is 0.847 bits per heavy atom. The van der Waals surface area contributed by atoms with Gasteiger partial charge in [-0.3, -0.25) is 0 Å². The van der Waals surface area contributed by atoms with E-state index in [0.29, 0.717) is 43.8 Å². The Morgan fingerprint density at radius 2 is 0.584 bits per heavy atom. The third-order valence-corrected chi connectivity index (χ3v) is 29.6. The molecule has 5 aliphatic heterocycles. The highest BCUT2D eigenvalue weighted by molar-refractivity contribution is 5.74. The predicted molar refractivity (Wildman–Crippen MR) is 505 cm³/mol. The van der Waals surface area contributed by atoms with Gasteiger partial charge in [0.2, 0.25) is 0 Å². The number of nitrogens with one attached hydrogen (secondary N) is 10. The fourth-order valence-electron chi connectivity index (χ4n) is 23.3. The molecule has 15 nitrogen and oxygen atoms in total. The fraction of sp³-hybridized carbons (Fsp3) is 0.430. The molecular weight excluding hydrogens is 1790 g/mol. The van der Waals surface area contributed by atoms with Crippen LogP contribution in [0, 0.1) is 29.6 Å². The number of alkyl halides is 15. The summed E-state index contributed by atoms with van der Waals surface area (Å²) in [5.41, 5.74) is 16.8. The highest BCUT2D eigenvalue weighted by atomic mass is 19.4. The SMILES string of the molecule is CN(C)CCNC(=O)N[C@@H]1C[C@@H]2[C@H](C1)c1cc(C(F)(F)F)ccc1N[C@H]2c1ccccc1.CN[C@@H]1C[C@@H]2[C@H](C1)c1cc(C(F)(F)F)ccc1N[C@H]2c1ccccc1.N[C@@H]1C[C@@H]2[C@H](C1)c1cc(C(F)(F)F)ccc1N[C@@H]2c1ccccc1.OCCCN[C@@H]1C[C@@H]2[C@H](C1)c1cc(C(F)(F)F)ccc1N[C@H]2c1ccccc1.OCCCN[C@H]1C[C@@H]2[C@H](C1)c1cc(C(F)(F)F)ccc1N[C@H]2c1ccccc1. The minimum Gasteiger partial charge on any atom is -0.396 e. The largest absolute Gasteiger partial charge is 0.416 e. The minimum absolute atomic E-state index is 0.0194. The van der Waals surface area contributed by atoms with Gasteiger partial charge in [0.25, 0.3) is 0 Å². The molecule has 20 rings (SSSR count). The first-order valence-electron chi connectivity index (χ1n) is 47.5. The maximum atomic E-state index is 13.4. The van der Waals surface area contributed by atoms with E-state index < -0.39 is 58.7 Å². The quantitative estimate of drug-likeness (QED) is 0.0286. The average Bonchev–Trinajstić information content (AvgIpc) is 1.69. The number of likely N-dealkylation sites (N-methyl/N-ethyl adjacent to an activating group) is 1. The number of urea groups is 1. The molecule has 14 N–H and O–H groups in total. The zero-order valence-corrected chi connectivity index (χ0v) is 76.4. The molecule has 0 saturated heterocycles. The van der Waals surface area contributed by atoms with Crippen LogP contribution in [0.4, 0.5) is 99.1 Å². The molecule has 10 aliphatic rings. The van der Waals surface area contributed by atoms with Gasteiger partial charge < -0.3 is 74.0 Å². The molecule has 5 aliphatic carbocycles. The summed E-state index contributed by atoms with van der Waals surface area (Å²) in [7, 11) is 5.80. The van der Waals surface area contributed by atoms with Crippen LogP contribution in [-0.4, -0.2) is 112 Å². The molecule has 0 aromatic heterocycles. The van der Waals surface area contributed by atoms with Crippen molar-refractivity contribution in [1.82, 2.24) is 31.5 Å². The Labute approximate surface area is 789 Å². The van der Waals surface area contributed by atoms with E-state index in [-0.39, 0.29) is 133 Å². The summed E-state index contributed by atoms with van der Waals surface area (Å²) in [5, 5.41) is 51.7. The smallest absolute Gasteiger partial charge is 0.396 e. The third-order valence-electron chi connectivity index (χ3n) is 29.6. The number of carbonyl (C=O) groups excluding carboxylic acids is 1. The number of nitrogens with zero attached hydrogens (tertiary/aromatic N) is 1. The van der Waals surface area contributed by atoms with Gasteiger partial charge in [0.15, 0.2) is 0 Å². The first-order valence-corrected chi connectivity index (χ1v) is 47.5. The van der Waals surface area contributed by atoms with Gasteiger partial charge in [0.1, 0.15) is 0 Å². The zero-order valence-electron chi connectivity index (χ0n) is 76.4. The molecule has 5 saturated carbocycles. The normalized spacial score (nSPS) is 26.7. The van der Waals surface area contributed by atoms with Crippen molar-refractivity contribution < 1.29 is 80.9 Å². The van der Waals surface area contributed by atoms with E-state index in [9.17, 15) is 70.7 Å². The first kappa shape index (κ1) is 99.2. The Kier molecular flexibility index (Phi) is 30.7. The third kappa shape index (κ3) is 23.2. The second kappa shape index (κ2) is 42.5. The number of aliphatic hydroxyl groups is 2. The van der Waals surface area contributed by atoms with Gasteiger partial charge in [-0.2, -0.15) is 65.9 Å². The van der Waals surface area contributed by atoms with E-state index in [0.717, 1.165) is 145 Å². The van der Waals surface area contributed by atoms with Crippen molar-refractivity contribution in [2.45, 2.75) is 198 Å². The van der Waals surface area contributed by atoms with Gasteiger partial charge >= 0.3 is 36.9 Å². The summed E-state index contributed by atoms with van der Waals surface area (Å²) >= 11 is 0. The maximum absolute atomic E-state index is 13.4. The number of fused-ring (bicyclic) bond motifs is 15. The second-order valence-electron chi connectivity index (χ2n) is 38.5. The van der Waals surface area contributed by atoms with Gasteiger partial charge in [-0.1, -0.05) is 152 Å². The highest BCUT2D eigenvalue weighted by Crippen LogP contribution is 2.60. The summed E-state index contributed by atoms with van der Waals surface area (Å²) in [5.74, 6) is 1.35. The second-order valence-corrected chi connectivity index (χ2v) is 38.5. The molecular formula is C107H119F15N12O3. The van der Waals surface area contributed by atoms with E-state index in [2.05, 4.69) is 102 Å². The summed E-state index contributed by atoms with van der Waals surface area (Å²) in [6, 6.07) is 71.7. The lowest BCUT2D eigenvalue weighted by atomic mass is 9.77. The predicted octanol–water partition coefficient (Wildman–Crippen LogP) is 23.7. The molecule has 0 bridgehead atoms. The molecule has 30 heteroatoms. The maximum Gasteiger partial charge on any atom is 0.416 e. The molecule has 5 fully saturated rings. The number of amides is 2. The van der Waals surface area contributed by atoms with Crippen LogP contribution in [0.25, 0.3) is 0 Å². The van der Waals surface area contributed by atoms with Crippen LogP contribution < -0.4 is 58.9 Å². The Balaban J connectivity index is 0.000000124. The number of hydrogen-bond acceptors (Lipinski definition) is 13. The van der Waals surface area contributed by atoms with Gasteiger partial charge in [-0.15, -0.1) is 0 Å². The zero-order chi connectivity index (χ0) is 96.8. The molecule has 0 radical (unpaired) electrons. The molecule has 730 valence electrons. The van der Waals surface area contributed by atoms with E-state index in [1.54, 1.807) is 30.3 Å². The Hall–Kier alpha value is -10.9. The van der Waals surface area contributed by atoms with Gasteiger partial charge in [-0.05, 0) is 317 Å². The molecule has 2 amide bonds. The molecule has 10 aromatic rings. The van der Waals surface area contributed by atoms with Crippen molar-refractivity contribution in [3.05, 3.63) is 326 Å². The lowest BCUT2D eigenvalue weighted by molar-refractivity contribution is -0.138. The number of nitrogens with two attached hydrogens (primary N) is 1. The minimum atomic E-state index is -4.39. The molecule has 5 heterocycles. The van der Waals surface area contributed by atoms with E-state index in [1.165, 1.54) is 65.2 Å². The van der Waals surface area contributed by atoms with Crippen LogP contribution in [0.5, 0.6) is 0 Å². The number of benzene rings is 10. The Bertz CT molecular complexity index is 5530. The average molecular weight is 1910 g/mol. The van der Waals surface area contributed by atoms with Gasteiger partial charge in [-0.25, -0.2) is 4.79 Å². The van der Waals surface area contributed by atoms with Crippen LogP contribution in [0.3, 0.4) is 0 Å². The van der Waals surface area contributed by atoms with Gasteiger partial charge in [0, 0.05) is 84.9 Å². The lowest BCUT2D eigenvalue weighted by Crippen LogP contribution is -2.43. The van der Waals surface area contributed by atoms with Crippen LogP contribution in [-0.2, 0) is 30.9 Å². The van der Waals surface area contributed by atoms with Crippen LogP contribution in [0.1, 0.15) is 220 Å². The number of aliphatic hydroxyl groups excluding tert-OH is 2. The molecule has 20 atom stereocenters. The highest BCUT2D eigenvalue weighted by Gasteiger charge is 2.52. The van der Waals surface area contributed by atoms with Crippen LogP contribution in [0.2, 0.25) is 0 Å². The Morgan fingerprint density at radius 1 is 0.336 bits per heavy atom. The standard InChI is InChI=1S/C24H29F3N4O.2C22H25F3N2O.C20H21F3N2.C19H19F3N2/c1-31(2)11-10-28-23(32)29-17-13-18-19-12-16(24(25,26)27)8-9-21(19)30-22(20(18)14-17)15-6-4-3-5-7-15;2*23-22(24,25)15-7-8-20-18(11-15)17-12-16(26-9-4-10-28)13-19(17)21(27-20)14-5-2-1-3-6-14;1-24-14-10-15-16-9-13(20(21,22)23)7-8-18(16)25-19(17(15)11-14)12-5-3-2-4-6-12;20-19(21,22)12-6-7-17-15(8-12)14-9-13(23)10-16(14)18(24-17)11-4-2-1-3-5-11/h3-9,12,17-18,20,22,30H,10-11,13-14H2,1-2H3,(H2,28,29,32);2*1-3,5-8,11,16-17,19,21,26-28H,4,9-10,12-13H2;2-9,14-15,17,19,24-25H,10-11H2,1H3;1-8,13-14,16,18,24H,9-10,23H2/t17-,18+,20+,22-;16-,17+,19+,21-;16-,17-,19-,21+;14-,15+,17+,19-;13-,14+,16+,18+/m00100/s1. The molecule has 0 unspecified atom stereocenters. The molecule has 137 heavy (non-hydrogen) atoms. The lowest BCUT2D eigenvalue weighted by Gasteiger charge is -2.38. The van der Waals surface area contributed by atoms with Crippen LogP contribution in [0.15, 0.2) is 243 Å².